The molecule has 2 rings (SSSR count). The molecule has 0 unspecified atom stereocenters. The number of carbonyl (C=O) groups excluding carboxylic acids is 1. The van der Waals surface area contributed by atoms with E-state index in [2.05, 4.69) is 5.43 Å². The lowest BCUT2D eigenvalue weighted by atomic mass is 10.2. The first kappa shape index (κ1) is 14.5. The molecular formula is C14H17N3O2S. The fourth-order valence-corrected chi connectivity index (χ4v) is 2.89. The summed E-state index contributed by atoms with van der Waals surface area (Å²) < 4.78 is 5.38. The number of benzene rings is 1. The Hall–Kier alpha value is -1.92. The summed E-state index contributed by atoms with van der Waals surface area (Å²) >= 11 is 1.66. The lowest BCUT2D eigenvalue weighted by Crippen LogP contribution is -2.29. The lowest BCUT2D eigenvalue weighted by molar-refractivity contribution is 0.0924. The summed E-state index contributed by atoms with van der Waals surface area (Å²) in [5.41, 5.74) is 10.7. The summed E-state index contributed by atoms with van der Waals surface area (Å²) in [6, 6.07) is 7.54. The fourth-order valence-electron chi connectivity index (χ4n) is 1.77. The minimum Gasteiger partial charge on any atom is -0.456 e. The second-order valence-electron chi connectivity index (χ2n) is 4.48. The van der Waals surface area contributed by atoms with E-state index in [-0.39, 0.29) is 5.76 Å². The largest absolute Gasteiger partial charge is 0.456 e. The highest BCUT2D eigenvalue weighted by molar-refractivity contribution is 7.98. The molecule has 5 nitrogen and oxygen atoms in total. The van der Waals surface area contributed by atoms with Crippen LogP contribution in [0.2, 0.25) is 0 Å². The van der Waals surface area contributed by atoms with E-state index < -0.39 is 5.91 Å². The molecule has 5 N–H and O–H groups in total. The summed E-state index contributed by atoms with van der Waals surface area (Å²) in [5.74, 6) is 6.31. The molecular weight excluding hydrogens is 274 g/mol. The second-order valence-corrected chi connectivity index (χ2v) is 5.50. The van der Waals surface area contributed by atoms with Gasteiger partial charge in [-0.05, 0) is 37.6 Å². The highest BCUT2D eigenvalue weighted by Gasteiger charge is 2.13. The molecule has 0 atom stereocenters. The molecule has 0 saturated carbocycles. The van der Waals surface area contributed by atoms with Crippen molar-refractivity contribution in [3.63, 3.8) is 0 Å². The van der Waals surface area contributed by atoms with Gasteiger partial charge in [0.05, 0.1) is 0 Å². The lowest BCUT2D eigenvalue weighted by Gasteiger charge is -2.06. The molecule has 0 radical (unpaired) electrons. The molecule has 0 fully saturated rings. The van der Waals surface area contributed by atoms with Crippen LogP contribution in [0.3, 0.4) is 0 Å². The van der Waals surface area contributed by atoms with Gasteiger partial charge in [0.15, 0.2) is 5.76 Å². The molecule has 1 heterocycles. The summed E-state index contributed by atoms with van der Waals surface area (Å²) in [6.07, 6.45) is 0. The average Bonchev–Trinajstić information content (AvgIpc) is 2.80. The van der Waals surface area contributed by atoms with Gasteiger partial charge in [-0.15, -0.1) is 11.8 Å². The summed E-state index contributed by atoms with van der Waals surface area (Å²) in [4.78, 5) is 12.5. The van der Waals surface area contributed by atoms with Gasteiger partial charge in [-0.1, -0.05) is 6.07 Å². The van der Waals surface area contributed by atoms with Crippen LogP contribution in [0.5, 0.6) is 0 Å². The molecule has 2 aromatic rings. The zero-order valence-electron chi connectivity index (χ0n) is 11.4. The van der Waals surface area contributed by atoms with Gasteiger partial charge in [-0.3, -0.25) is 10.2 Å². The maximum atomic E-state index is 11.4. The fraction of sp³-hybridized carbons (Fsp3) is 0.214. The van der Waals surface area contributed by atoms with Crippen LogP contribution in [0.25, 0.3) is 0 Å². The van der Waals surface area contributed by atoms with Crippen molar-refractivity contribution >= 4 is 23.4 Å². The third-order valence-corrected chi connectivity index (χ3v) is 4.18. The van der Waals surface area contributed by atoms with E-state index in [1.54, 1.807) is 17.8 Å². The van der Waals surface area contributed by atoms with Gasteiger partial charge in [-0.25, -0.2) is 5.84 Å². The van der Waals surface area contributed by atoms with E-state index in [1.165, 1.54) is 5.56 Å². The SMILES string of the molecule is Cc1ccc(N)cc1SCc1cc(C(=O)NN)oc1C. The van der Waals surface area contributed by atoms with Crippen LogP contribution >= 0.6 is 11.8 Å². The van der Waals surface area contributed by atoms with E-state index in [1.807, 2.05) is 32.0 Å². The number of rotatable bonds is 4. The third-order valence-electron chi connectivity index (χ3n) is 2.97. The van der Waals surface area contributed by atoms with Crippen molar-refractivity contribution < 1.29 is 9.21 Å². The van der Waals surface area contributed by atoms with E-state index >= 15 is 0 Å². The van der Waals surface area contributed by atoms with E-state index in [9.17, 15) is 4.79 Å². The quantitative estimate of drug-likeness (QED) is 0.264. The average molecular weight is 291 g/mol. The standard InChI is InChI=1S/C14H17N3O2S/c1-8-3-4-11(15)6-13(8)20-7-10-5-12(14(18)17-16)19-9(10)2/h3-6H,7,15-16H2,1-2H3,(H,17,18). The maximum Gasteiger partial charge on any atom is 0.300 e. The van der Waals surface area contributed by atoms with Crippen LogP contribution in [0.1, 0.15) is 27.4 Å². The number of nitrogens with two attached hydrogens (primary N) is 2. The Kier molecular flexibility index (Phi) is 4.36. The van der Waals surface area contributed by atoms with Gasteiger partial charge >= 0.3 is 5.91 Å². The van der Waals surface area contributed by atoms with Gasteiger partial charge in [0, 0.05) is 21.9 Å². The monoisotopic (exact) mass is 291 g/mol. The van der Waals surface area contributed by atoms with Crippen molar-refractivity contribution in [2.75, 3.05) is 5.73 Å². The zero-order valence-corrected chi connectivity index (χ0v) is 12.2. The molecule has 1 aromatic carbocycles. The van der Waals surface area contributed by atoms with Crippen molar-refractivity contribution in [2.24, 2.45) is 5.84 Å². The predicted molar refractivity (Wildman–Crippen MR) is 80.3 cm³/mol. The number of amides is 1. The number of thioether (sulfide) groups is 1. The molecule has 1 amide bonds. The number of furan rings is 1. The van der Waals surface area contributed by atoms with Crippen molar-refractivity contribution in [1.29, 1.82) is 0 Å². The minimum absolute atomic E-state index is 0.227. The Morgan fingerprint density at radius 3 is 2.80 bits per heavy atom. The van der Waals surface area contributed by atoms with Gasteiger partial charge in [0.2, 0.25) is 0 Å². The van der Waals surface area contributed by atoms with Crippen molar-refractivity contribution in [2.45, 2.75) is 24.5 Å². The van der Waals surface area contributed by atoms with Crippen molar-refractivity contribution in [3.05, 3.63) is 46.9 Å². The highest BCUT2D eigenvalue weighted by atomic mass is 32.2. The molecule has 6 heteroatoms. The van der Waals surface area contributed by atoms with Crippen LogP contribution < -0.4 is 17.0 Å². The third kappa shape index (κ3) is 3.15. The Morgan fingerprint density at radius 1 is 1.35 bits per heavy atom. The van der Waals surface area contributed by atoms with Gasteiger partial charge < -0.3 is 10.2 Å². The number of hydrogen-bond donors (Lipinski definition) is 3. The number of anilines is 1. The maximum absolute atomic E-state index is 11.4. The summed E-state index contributed by atoms with van der Waals surface area (Å²) in [7, 11) is 0. The molecule has 0 spiro atoms. The molecule has 106 valence electrons. The zero-order chi connectivity index (χ0) is 14.7. The number of carbonyl (C=O) groups is 1. The Labute approximate surface area is 121 Å². The topological polar surface area (TPSA) is 94.3 Å². The number of aryl methyl sites for hydroxylation is 2. The van der Waals surface area contributed by atoms with Crippen LogP contribution in [0, 0.1) is 13.8 Å². The normalized spacial score (nSPS) is 10.6. The van der Waals surface area contributed by atoms with Gasteiger partial charge in [0.25, 0.3) is 0 Å². The first-order chi connectivity index (χ1) is 9.51. The summed E-state index contributed by atoms with van der Waals surface area (Å²) in [6.45, 7) is 3.87. The first-order valence-corrected chi connectivity index (χ1v) is 7.09. The van der Waals surface area contributed by atoms with Crippen molar-refractivity contribution in [1.82, 2.24) is 5.43 Å². The molecule has 0 aliphatic heterocycles. The molecule has 20 heavy (non-hydrogen) atoms. The molecule has 0 aliphatic carbocycles. The predicted octanol–water partition coefficient (Wildman–Crippen LogP) is 2.37. The van der Waals surface area contributed by atoms with Gasteiger partial charge in [-0.2, -0.15) is 0 Å². The number of hydrogen-bond acceptors (Lipinski definition) is 5. The van der Waals surface area contributed by atoms with Crippen LogP contribution in [-0.4, -0.2) is 5.91 Å². The van der Waals surface area contributed by atoms with Gasteiger partial charge in [0.1, 0.15) is 5.76 Å². The van der Waals surface area contributed by atoms with Crippen LogP contribution in [0.4, 0.5) is 5.69 Å². The first-order valence-electron chi connectivity index (χ1n) is 6.10. The number of hydrazine groups is 1. The highest BCUT2D eigenvalue weighted by Crippen LogP contribution is 2.29. The van der Waals surface area contributed by atoms with E-state index in [4.69, 9.17) is 16.0 Å². The Morgan fingerprint density at radius 2 is 2.10 bits per heavy atom. The Balaban J connectivity index is 2.13. The smallest absolute Gasteiger partial charge is 0.300 e. The number of nitrogens with one attached hydrogen (secondary N) is 1. The number of nitrogen functional groups attached to an aromatic ring is 2. The van der Waals surface area contributed by atoms with E-state index in [0.717, 1.165) is 21.9 Å². The van der Waals surface area contributed by atoms with Crippen molar-refractivity contribution in [3.8, 4) is 0 Å². The molecule has 0 bridgehead atoms. The Bertz CT molecular complexity index is 637. The summed E-state index contributed by atoms with van der Waals surface area (Å²) in [5, 5.41) is 0. The molecule has 0 aliphatic rings. The minimum atomic E-state index is -0.426. The second kappa shape index (κ2) is 6.02. The molecule has 0 saturated heterocycles. The van der Waals surface area contributed by atoms with E-state index in [0.29, 0.717) is 5.75 Å². The van der Waals surface area contributed by atoms with Crippen LogP contribution in [-0.2, 0) is 5.75 Å². The van der Waals surface area contributed by atoms with Crippen LogP contribution in [0.15, 0.2) is 33.6 Å². The molecule has 1 aromatic heterocycles.